The lowest BCUT2D eigenvalue weighted by atomic mass is 10.4. The van der Waals surface area contributed by atoms with Crippen LogP contribution < -0.4 is 15.1 Å². The van der Waals surface area contributed by atoms with Crippen LogP contribution in [0.1, 0.15) is 19.6 Å². The fourth-order valence-corrected chi connectivity index (χ4v) is 1.99. The van der Waals surface area contributed by atoms with E-state index in [1.165, 1.54) is 0 Å². The topological polar surface area (TPSA) is 70.3 Å². The van der Waals surface area contributed by atoms with Crippen LogP contribution >= 0.6 is 0 Å². The first-order valence-corrected chi connectivity index (χ1v) is 7.10. The maximum absolute atomic E-state index is 5.36. The molecule has 21 heavy (non-hydrogen) atoms. The number of hydrogen-bond donors (Lipinski definition) is 1. The lowest BCUT2D eigenvalue weighted by molar-refractivity contribution is 0.506. The maximum atomic E-state index is 5.36. The summed E-state index contributed by atoms with van der Waals surface area (Å²) < 4.78 is 5.36. The molecule has 7 heteroatoms. The van der Waals surface area contributed by atoms with Gasteiger partial charge in [0.25, 0.3) is 0 Å². The second-order valence-corrected chi connectivity index (χ2v) is 4.62. The van der Waals surface area contributed by atoms with Gasteiger partial charge in [0, 0.05) is 27.2 Å². The van der Waals surface area contributed by atoms with Crippen molar-refractivity contribution in [1.82, 2.24) is 15.0 Å². The molecule has 0 saturated carbocycles. The largest absolute Gasteiger partial charge is 0.467 e. The highest BCUT2D eigenvalue weighted by Gasteiger charge is 2.14. The molecule has 7 nitrogen and oxygen atoms in total. The Bertz CT molecular complexity index is 553. The van der Waals surface area contributed by atoms with E-state index in [1.54, 1.807) is 13.3 Å². The predicted molar refractivity (Wildman–Crippen MR) is 83.7 cm³/mol. The van der Waals surface area contributed by atoms with Crippen LogP contribution in [0.2, 0.25) is 0 Å². The van der Waals surface area contributed by atoms with Gasteiger partial charge in [-0.25, -0.2) is 0 Å². The zero-order valence-corrected chi connectivity index (χ0v) is 13.0. The monoisotopic (exact) mass is 290 g/mol. The summed E-state index contributed by atoms with van der Waals surface area (Å²) in [7, 11) is 3.74. The van der Waals surface area contributed by atoms with Gasteiger partial charge in [0.05, 0.1) is 12.8 Å². The van der Waals surface area contributed by atoms with Crippen molar-refractivity contribution in [2.75, 3.05) is 42.3 Å². The highest BCUT2D eigenvalue weighted by molar-refractivity contribution is 5.44. The molecule has 114 valence electrons. The number of nitrogens with zero attached hydrogens (tertiary/aromatic N) is 5. The summed E-state index contributed by atoms with van der Waals surface area (Å²) in [5.41, 5.74) is 0. The maximum Gasteiger partial charge on any atom is 0.232 e. The standard InChI is InChI=1S/C14H22N6O/c1-5-20(6-2)14-17-12(15-3)16-13(18-14)19(4)10-11-8-7-9-21-11/h7-9H,5-6,10H2,1-4H3,(H,15,16,17,18). The van der Waals surface area contributed by atoms with Gasteiger partial charge < -0.3 is 19.5 Å². The minimum absolute atomic E-state index is 0.563. The first kappa shape index (κ1) is 15.1. The Morgan fingerprint density at radius 2 is 1.86 bits per heavy atom. The van der Waals surface area contributed by atoms with Gasteiger partial charge in [-0.15, -0.1) is 0 Å². The van der Waals surface area contributed by atoms with Crippen molar-refractivity contribution in [2.45, 2.75) is 20.4 Å². The second-order valence-electron chi connectivity index (χ2n) is 4.62. The van der Waals surface area contributed by atoms with Crippen molar-refractivity contribution in [3.05, 3.63) is 24.2 Å². The van der Waals surface area contributed by atoms with Gasteiger partial charge in [0.15, 0.2) is 0 Å². The molecule has 0 atom stereocenters. The van der Waals surface area contributed by atoms with E-state index < -0.39 is 0 Å². The molecule has 2 aromatic heterocycles. The Labute approximate surface area is 125 Å². The summed E-state index contributed by atoms with van der Waals surface area (Å²) in [6.07, 6.45) is 1.66. The van der Waals surface area contributed by atoms with Crippen LogP contribution in [0.3, 0.4) is 0 Å². The summed E-state index contributed by atoms with van der Waals surface area (Å²) >= 11 is 0. The molecule has 0 spiro atoms. The van der Waals surface area contributed by atoms with Gasteiger partial charge in [-0.05, 0) is 26.0 Å². The van der Waals surface area contributed by atoms with Crippen LogP contribution in [-0.2, 0) is 6.54 Å². The molecule has 2 aromatic rings. The van der Waals surface area contributed by atoms with Gasteiger partial charge in [0.2, 0.25) is 17.8 Å². The molecule has 0 aliphatic rings. The van der Waals surface area contributed by atoms with Gasteiger partial charge in [-0.3, -0.25) is 0 Å². The van der Waals surface area contributed by atoms with E-state index in [1.807, 2.05) is 24.1 Å². The molecule has 0 bridgehead atoms. The zero-order valence-electron chi connectivity index (χ0n) is 13.0. The third kappa shape index (κ3) is 3.62. The highest BCUT2D eigenvalue weighted by Crippen LogP contribution is 2.17. The Kier molecular flexibility index (Phi) is 4.97. The van der Waals surface area contributed by atoms with Crippen molar-refractivity contribution < 1.29 is 4.42 Å². The van der Waals surface area contributed by atoms with E-state index in [9.17, 15) is 0 Å². The van der Waals surface area contributed by atoms with Crippen LogP contribution in [0.25, 0.3) is 0 Å². The molecular weight excluding hydrogens is 268 g/mol. The lowest BCUT2D eigenvalue weighted by Crippen LogP contribution is -2.27. The predicted octanol–water partition coefficient (Wildman–Crippen LogP) is 1.99. The first-order valence-electron chi connectivity index (χ1n) is 7.10. The molecule has 0 radical (unpaired) electrons. The van der Waals surface area contributed by atoms with E-state index in [0.29, 0.717) is 24.4 Å². The molecule has 0 aromatic carbocycles. The minimum atomic E-state index is 0.563. The number of nitrogens with one attached hydrogen (secondary N) is 1. The third-order valence-corrected chi connectivity index (χ3v) is 3.20. The van der Waals surface area contributed by atoms with Crippen LogP contribution in [0.5, 0.6) is 0 Å². The molecule has 0 amide bonds. The number of anilines is 3. The average molecular weight is 290 g/mol. The van der Waals surface area contributed by atoms with E-state index in [2.05, 4.69) is 39.0 Å². The van der Waals surface area contributed by atoms with Crippen LogP contribution in [0, 0.1) is 0 Å². The average Bonchev–Trinajstić information content (AvgIpc) is 3.01. The summed E-state index contributed by atoms with van der Waals surface area (Å²) in [5, 5.41) is 2.99. The number of rotatable bonds is 7. The summed E-state index contributed by atoms with van der Waals surface area (Å²) in [6, 6.07) is 3.80. The van der Waals surface area contributed by atoms with Crippen molar-refractivity contribution in [1.29, 1.82) is 0 Å². The molecule has 0 aliphatic carbocycles. The normalized spacial score (nSPS) is 10.5. The van der Waals surface area contributed by atoms with Crippen LogP contribution in [-0.4, -0.2) is 42.1 Å². The summed E-state index contributed by atoms with van der Waals surface area (Å²) in [4.78, 5) is 17.4. The molecule has 0 saturated heterocycles. The summed E-state index contributed by atoms with van der Waals surface area (Å²) in [5.74, 6) is 2.73. The van der Waals surface area contributed by atoms with E-state index >= 15 is 0 Å². The Hall–Kier alpha value is -2.31. The minimum Gasteiger partial charge on any atom is -0.467 e. The molecular formula is C14H22N6O. The van der Waals surface area contributed by atoms with Gasteiger partial charge in [-0.1, -0.05) is 0 Å². The zero-order chi connectivity index (χ0) is 15.2. The molecule has 2 rings (SSSR count). The second kappa shape index (κ2) is 6.92. The van der Waals surface area contributed by atoms with Gasteiger partial charge in [0.1, 0.15) is 5.76 Å². The third-order valence-electron chi connectivity index (χ3n) is 3.20. The Morgan fingerprint density at radius 3 is 2.43 bits per heavy atom. The molecule has 0 aliphatic heterocycles. The van der Waals surface area contributed by atoms with Crippen molar-refractivity contribution in [2.24, 2.45) is 0 Å². The molecule has 0 fully saturated rings. The Balaban J connectivity index is 2.27. The Morgan fingerprint density at radius 1 is 1.14 bits per heavy atom. The fraction of sp³-hybridized carbons (Fsp3) is 0.500. The smallest absolute Gasteiger partial charge is 0.232 e. The molecule has 2 heterocycles. The quantitative estimate of drug-likeness (QED) is 0.836. The first-order chi connectivity index (χ1) is 10.2. The van der Waals surface area contributed by atoms with Crippen LogP contribution in [0.15, 0.2) is 22.8 Å². The van der Waals surface area contributed by atoms with E-state index in [4.69, 9.17) is 4.42 Å². The number of hydrogen-bond acceptors (Lipinski definition) is 7. The SMILES string of the molecule is CCN(CC)c1nc(NC)nc(N(C)Cc2ccco2)n1. The fourth-order valence-electron chi connectivity index (χ4n) is 1.99. The van der Waals surface area contributed by atoms with Crippen molar-refractivity contribution in [3.63, 3.8) is 0 Å². The van der Waals surface area contributed by atoms with E-state index in [0.717, 1.165) is 18.8 Å². The highest BCUT2D eigenvalue weighted by atomic mass is 16.3. The number of aromatic nitrogens is 3. The molecule has 1 N–H and O–H groups in total. The number of furan rings is 1. The van der Waals surface area contributed by atoms with Gasteiger partial charge in [-0.2, -0.15) is 15.0 Å². The van der Waals surface area contributed by atoms with E-state index in [-0.39, 0.29) is 0 Å². The van der Waals surface area contributed by atoms with Crippen molar-refractivity contribution in [3.8, 4) is 0 Å². The van der Waals surface area contributed by atoms with Crippen LogP contribution in [0.4, 0.5) is 17.8 Å². The summed E-state index contributed by atoms with van der Waals surface area (Å²) in [6.45, 7) is 6.48. The lowest BCUT2D eigenvalue weighted by Gasteiger charge is -2.22. The van der Waals surface area contributed by atoms with Crippen molar-refractivity contribution >= 4 is 17.8 Å². The molecule has 0 unspecified atom stereocenters. The van der Waals surface area contributed by atoms with Gasteiger partial charge >= 0.3 is 0 Å².